The third-order valence-electron chi connectivity index (χ3n) is 10.1. The highest BCUT2D eigenvalue weighted by Crippen LogP contribution is 2.67. The molecule has 0 aromatic heterocycles. The van der Waals surface area contributed by atoms with Gasteiger partial charge in [0.2, 0.25) is 0 Å². The molecule has 3 saturated carbocycles. The third kappa shape index (κ3) is 3.55. The standard InChI is InChI=1S/C28H36O5S/c1-17-5-8-21(9-6-17)34(31,32)33-26-16-20(30)15-19-7-10-22-24-12-11-23(18(2)29)27(24,3)14-13-25(22)28(19,26)4/h5-6,8-9,15,22-26H,7,10-14,16H2,1-4H3/t22-,23+,24-,25-,26?,27+,28-/m0/s1. The first-order chi connectivity index (χ1) is 16.0. The topological polar surface area (TPSA) is 77.5 Å². The number of fused-ring (bicyclic) bond motifs is 5. The van der Waals surface area contributed by atoms with E-state index in [4.69, 9.17) is 4.18 Å². The summed E-state index contributed by atoms with van der Waals surface area (Å²) >= 11 is 0. The molecule has 0 amide bonds. The summed E-state index contributed by atoms with van der Waals surface area (Å²) in [5.74, 6) is 1.53. The Hall–Kier alpha value is -1.79. The number of carbonyl (C=O) groups excluding carboxylic acids is 2. The van der Waals surface area contributed by atoms with Gasteiger partial charge < -0.3 is 0 Å². The van der Waals surface area contributed by atoms with Gasteiger partial charge in [-0.1, -0.05) is 37.1 Å². The van der Waals surface area contributed by atoms with Crippen LogP contribution in [0.15, 0.2) is 40.8 Å². The molecule has 6 heteroatoms. The van der Waals surface area contributed by atoms with Crippen molar-refractivity contribution in [3.05, 3.63) is 41.5 Å². The zero-order chi connectivity index (χ0) is 24.5. The molecule has 7 atom stereocenters. The van der Waals surface area contributed by atoms with E-state index in [9.17, 15) is 18.0 Å². The van der Waals surface area contributed by atoms with E-state index in [-0.39, 0.29) is 34.4 Å². The fraction of sp³-hybridized carbons (Fsp3) is 0.643. The highest BCUT2D eigenvalue weighted by Gasteiger charge is 2.62. The first kappa shape index (κ1) is 23.9. The van der Waals surface area contributed by atoms with Crippen molar-refractivity contribution >= 4 is 21.7 Å². The molecule has 4 aliphatic carbocycles. The van der Waals surface area contributed by atoms with Crippen molar-refractivity contribution in [3.63, 3.8) is 0 Å². The molecular weight excluding hydrogens is 448 g/mol. The fourth-order valence-electron chi connectivity index (χ4n) is 8.30. The lowest BCUT2D eigenvalue weighted by Crippen LogP contribution is -2.56. The van der Waals surface area contributed by atoms with E-state index in [1.54, 1.807) is 37.3 Å². The minimum absolute atomic E-state index is 0.0272. The summed E-state index contributed by atoms with van der Waals surface area (Å²) in [6.07, 6.45) is 6.89. The first-order valence-corrected chi connectivity index (χ1v) is 14.1. The molecule has 1 aromatic rings. The Labute approximate surface area is 203 Å². The second-order valence-electron chi connectivity index (χ2n) is 11.7. The van der Waals surface area contributed by atoms with Crippen LogP contribution < -0.4 is 0 Å². The maximum Gasteiger partial charge on any atom is 0.297 e. The molecular formula is C28H36O5S. The van der Waals surface area contributed by atoms with Gasteiger partial charge in [-0.25, -0.2) is 0 Å². The van der Waals surface area contributed by atoms with Gasteiger partial charge in [0, 0.05) is 17.8 Å². The number of benzene rings is 1. The molecule has 0 radical (unpaired) electrons. The Bertz CT molecular complexity index is 1150. The van der Waals surface area contributed by atoms with Crippen molar-refractivity contribution in [1.82, 2.24) is 0 Å². The van der Waals surface area contributed by atoms with E-state index < -0.39 is 21.6 Å². The number of carbonyl (C=O) groups is 2. The van der Waals surface area contributed by atoms with Crippen LogP contribution in [0.4, 0.5) is 0 Å². The molecule has 5 rings (SSSR count). The summed E-state index contributed by atoms with van der Waals surface area (Å²) in [5, 5.41) is 0. The molecule has 0 aliphatic heterocycles. The van der Waals surface area contributed by atoms with Crippen LogP contribution in [0.25, 0.3) is 0 Å². The Morgan fingerprint density at radius 2 is 1.74 bits per heavy atom. The average molecular weight is 485 g/mol. The molecule has 5 nitrogen and oxygen atoms in total. The van der Waals surface area contributed by atoms with Crippen LogP contribution in [-0.2, 0) is 23.9 Å². The van der Waals surface area contributed by atoms with Crippen molar-refractivity contribution in [3.8, 4) is 0 Å². The Morgan fingerprint density at radius 1 is 1.03 bits per heavy atom. The van der Waals surface area contributed by atoms with Crippen molar-refractivity contribution in [2.75, 3.05) is 0 Å². The largest absolute Gasteiger partial charge is 0.300 e. The van der Waals surface area contributed by atoms with E-state index in [1.165, 1.54) is 0 Å². The normalized spacial score (nSPS) is 39.6. The van der Waals surface area contributed by atoms with Crippen LogP contribution in [0.3, 0.4) is 0 Å². The van der Waals surface area contributed by atoms with Crippen LogP contribution in [0.2, 0.25) is 0 Å². The van der Waals surface area contributed by atoms with Gasteiger partial charge in [-0.2, -0.15) is 8.42 Å². The number of aryl methyl sites for hydroxylation is 1. The molecule has 3 fully saturated rings. The molecule has 0 heterocycles. The highest BCUT2D eigenvalue weighted by molar-refractivity contribution is 7.86. The molecule has 0 spiro atoms. The van der Waals surface area contributed by atoms with Gasteiger partial charge in [-0.05, 0) is 93.7 Å². The third-order valence-corrected chi connectivity index (χ3v) is 11.4. The average Bonchev–Trinajstić information content (AvgIpc) is 3.12. The SMILES string of the molecule is CC(=O)[C@H]1CC[C@H]2[C@@H]3CCC4=CC(=O)CC(OS(=O)(=O)c5ccc(C)cc5)[C@]4(C)[C@H]3CC[C@]12C. The lowest BCUT2D eigenvalue weighted by atomic mass is 9.46. The zero-order valence-corrected chi connectivity index (χ0v) is 21.5. The van der Waals surface area contributed by atoms with Crippen molar-refractivity contribution in [2.24, 2.45) is 34.5 Å². The fourth-order valence-corrected chi connectivity index (χ4v) is 9.45. The maximum absolute atomic E-state index is 13.3. The van der Waals surface area contributed by atoms with Gasteiger partial charge in [-0.3, -0.25) is 13.8 Å². The monoisotopic (exact) mass is 484 g/mol. The molecule has 0 N–H and O–H groups in total. The van der Waals surface area contributed by atoms with E-state index >= 15 is 0 Å². The number of Topliss-reactive ketones (excluding diaryl/α,β-unsaturated/α-hetero) is 1. The van der Waals surface area contributed by atoms with E-state index in [2.05, 4.69) is 13.8 Å². The minimum atomic E-state index is -4.00. The molecule has 1 unspecified atom stereocenters. The number of rotatable bonds is 4. The molecule has 184 valence electrons. The quantitative estimate of drug-likeness (QED) is 0.534. The van der Waals surface area contributed by atoms with Gasteiger partial charge in [0.15, 0.2) is 5.78 Å². The maximum atomic E-state index is 13.3. The summed E-state index contributed by atoms with van der Waals surface area (Å²) in [4.78, 5) is 25.2. The smallest absolute Gasteiger partial charge is 0.297 e. The second kappa shape index (κ2) is 8.12. The predicted molar refractivity (Wildman–Crippen MR) is 130 cm³/mol. The van der Waals surface area contributed by atoms with Crippen molar-refractivity contribution in [1.29, 1.82) is 0 Å². The number of hydrogen-bond acceptors (Lipinski definition) is 5. The summed E-state index contributed by atoms with van der Waals surface area (Å²) in [7, 11) is -4.00. The summed E-state index contributed by atoms with van der Waals surface area (Å²) in [6.45, 7) is 8.09. The molecule has 34 heavy (non-hydrogen) atoms. The van der Waals surface area contributed by atoms with Gasteiger partial charge in [-0.15, -0.1) is 0 Å². The molecule has 4 aliphatic rings. The van der Waals surface area contributed by atoms with Gasteiger partial charge in [0.25, 0.3) is 10.1 Å². The summed E-state index contributed by atoms with van der Waals surface area (Å²) in [6, 6.07) is 6.67. The Balaban J connectivity index is 1.49. The van der Waals surface area contributed by atoms with Gasteiger partial charge in [0.05, 0.1) is 11.0 Å². The lowest BCUT2D eigenvalue weighted by molar-refractivity contribution is -0.132. The minimum Gasteiger partial charge on any atom is -0.300 e. The van der Waals surface area contributed by atoms with Crippen LogP contribution in [0.5, 0.6) is 0 Å². The first-order valence-electron chi connectivity index (χ1n) is 12.7. The zero-order valence-electron chi connectivity index (χ0n) is 20.7. The highest BCUT2D eigenvalue weighted by atomic mass is 32.2. The molecule has 0 saturated heterocycles. The van der Waals surface area contributed by atoms with E-state index in [0.717, 1.165) is 49.7 Å². The predicted octanol–water partition coefficient (Wildman–Crippen LogP) is 5.42. The summed E-state index contributed by atoms with van der Waals surface area (Å²) < 4.78 is 32.5. The van der Waals surface area contributed by atoms with Gasteiger partial charge in [0.1, 0.15) is 5.78 Å². The summed E-state index contributed by atoms with van der Waals surface area (Å²) in [5.41, 5.74) is 1.56. The van der Waals surface area contributed by atoms with Crippen molar-refractivity contribution < 1.29 is 22.2 Å². The van der Waals surface area contributed by atoms with Crippen LogP contribution in [0.1, 0.15) is 71.3 Å². The van der Waals surface area contributed by atoms with Crippen LogP contribution in [-0.4, -0.2) is 26.1 Å². The van der Waals surface area contributed by atoms with Crippen LogP contribution >= 0.6 is 0 Å². The molecule has 0 bridgehead atoms. The Kier molecular flexibility index (Phi) is 5.72. The van der Waals surface area contributed by atoms with Crippen molar-refractivity contribution in [2.45, 2.75) is 83.6 Å². The van der Waals surface area contributed by atoms with E-state index in [0.29, 0.717) is 17.6 Å². The van der Waals surface area contributed by atoms with Gasteiger partial charge >= 0.3 is 0 Å². The number of hydrogen-bond donors (Lipinski definition) is 0. The number of ketones is 2. The Morgan fingerprint density at radius 3 is 2.41 bits per heavy atom. The molecule has 1 aromatic carbocycles. The second-order valence-corrected chi connectivity index (χ2v) is 13.2. The van der Waals surface area contributed by atoms with E-state index in [1.807, 2.05) is 6.92 Å². The van der Waals surface area contributed by atoms with Crippen LogP contribution in [0, 0.1) is 41.4 Å². The lowest BCUT2D eigenvalue weighted by Gasteiger charge is -2.59.